The molecule has 1 saturated carbocycles. The van der Waals surface area contributed by atoms with Gasteiger partial charge in [-0.3, -0.25) is 9.59 Å². The lowest BCUT2D eigenvalue weighted by Gasteiger charge is -2.43. The third-order valence-electron chi connectivity index (χ3n) is 5.86. The molecular weight excluding hydrogens is 308 g/mol. The smallest absolute Gasteiger partial charge is 0.261 e. The Labute approximate surface area is 142 Å². The van der Waals surface area contributed by atoms with Gasteiger partial charge >= 0.3 is 0 Å². The molecule has 6 nitrogen and oxygen atoms in total. The average Bonchev–Trinajstić information content (AvgIpc) is 2.96. The van der Waals surface area contributed by atoms with Crippen molar-refractivity contribution in [3.05, 3.63) is 33.2 Å². The van der Waals surface area contributed by atoms with Crippen molar-refractivity contribution in [3.8, 4) is 0 Å². The third-order valence-corrected chi connectivity index (χ3v) is 5.86. The highest BCUT2D eigenvalue weighted by Gasteiger charge is 2.52. The molecule has 0 radical (unpaired) electrons. The number of likely N-dealkylation sites (tertiary alicyclic amines) is 1. The molecule has 6 heteroatoms. The highest BCUT2D eigenvalue weighted by atomic mass is 16.5. The van der Waals surface area contributed by atoms with Crippen LogP contribution >= 0.6 is 0 Å². The number of fused-ring (bicyclic) bond motifs is 1. The third kappa shape index (κ3) is 2.67. The molecule has 2 fully saturated rings. The second-order valence-electron chi connectivity index (χ2n) is 6.99. The summed E-state index contributed by atoms with van der Waals surface area (Å²) in [5.41, 5.74) is 1.29. The molecule has 1 aromatic heterocycles. The lowest BCUT2D eigenvalue weighted by molar-refractivity contribution is -0.0893. The van der Waals surface area contributed by atoms with Crippen molar-refractivity contribution >= 4 is 5.91 Å². The van der Waals surface area contributed by atoms with Crippen molar-refractivity contribution in [2.45, 2.75) is 57.3 Å². The number of aromatic amines is 1. The molecule has 2 aliphatic rings. The average molecular weight is 334 g/mol. The van der Waals surface area contributed by atoms with Gasteiger partial charge in [-0.05, 0) is 51.2 Å². The van der Waals surface area contributed by atoms with Crippen LogP contribution in [0.15, 0.2) is 10.9 Å². The van der Waals surface area contributed by atoms with Crippen molar-refractivity contribution < 1.29 is 14.3 Å². The SMILES string of the molecule is CO[C@H]1CC[C@@]2(OC)CCN(C(=O)c3cc(C)c(C)[nH]c3=O)[C@H]2C1. The highest BCUT2D eigenvalue weighted by molar-refractivity contribution is 5.94. The minimum Gasteiger partial charge on any atom is -0.381 e. The van der Waals surface area contributed by atoms with Gasteiger partial charge in [-0.2, -0.15) is 0 Å². The Balaban J connectivity index is 1.93. The Morgan fingerprint density at radius 3 is 2.75 bits per heavy atom. The van der Waals surface area contributed by atoms with Crippen molar-refractivity contribution in [1.29, 1.82) is 0 Å². The fraction of sp³-hybridized carbons (Fsp3) is 0.667. The van der Waals surface area contributed by atoms with Gasteiger partial charge in [0.1, 0.15) is 5.56 Å². The number of nitrogens with zero attached hydrogens (tertiary/aromatic N) is 1. The molecule has 0 spiro atoms. The Bertz CT molecular complexity index is 699. The number of aromatic nitrogens is 1. The summed E-state index contributed by atoms with van der Waals surface area (Å²) in [5.74, 6) is -0.208. The number of rotatable bonds is 3. The monoisotopic (exact) mass is 334 g/mol. The van der Waals surface area contributed by atoms with Crippen LogP contribution in [0.5, 0.6) is 0 Å². The van der Waals surface area contributed by atoms with Crippen LogP contribution in [0.2, 0.25) is 0 Å². The predicted octanol–water partition coefficient (Wildman–Crippen LogP) is 1.79. The van der Waals surface area contributed by atoms with Gasteiger partial charge < -0.3 is 19.4 Å². The van der Waals surface area contributed by atoms with E-state index >= 15 is 0 Å². The molecular formula is C18H26N2O4. The summed E-state index contributed by atoms with van der Waals surface area (Å²) in [6.07, 6.45) is 3.50. The molecule has 1 aliphatic carbocycles. The zero-order valence-corrected chi connectivity index (χ0v) is 14.8. The van der Waals surface area contributed by atoms with E-state index in [2.05, 4.69) is 4.98 Å². The number of nitrogens with one attached hydrogen (secondary N) is 1. The fourth-order valence-electron chi connectivity index (χ4n) is 4.16. The van der Waals surface area contributed by atoms with Crippen LogP contribution in [-0.2, 0) is 9.47 Å². The molecule has 24 heavy (non-hydrogen) atoms. The standard InChI is InChI=1S/C18H26N2O4/c1-11-9-14(16(21)19-12(11)2)17(22)20-8-7-18(24-4)6-5-13(23-3)10-15(18)20/h9,13,15H,5-8,10H2,1-4H3,(H,19,21)/t13-,15-,18+/m0/s1. The van der Waals surface area contributed by atoms with Crippen LogP contribution in [0.25, 0.3) is 0 Å². The summed E-state index contributed by atoms with van der Waals surface area (Å²) in [4.78, 5) is 29.9. The molecule has 1 aliphatic heterocycles. The second kappa shape index (κ2) is 6.33. The van der Waals surface area contributed by atoms with Crippen LogP contribution in [0.4, 0.5) is 0 Å². The van der Waals surface area contributed by atoms with E-state index in [0.29, 0.717) is 6.54 Å². The first kappa shape index (κ1) is 17.2. The number of pyridine rings is 1. The van der Waals surface area contributed by atoms with Gasteiger partial charge in [0.2, 0.25) is 0 Å². The number of carbonyl (C=O) groups is 1. The number of carbonyl (C=O) groups excluding carboxylic acids is 1. The molecule has 132 valence electrons. The van der Waals surface area contributed by atoms with Gasteiger partial charge in [-0.25, -0.2) is 0 Å². The van der Waals surface area contributed by atoms with Gasteiger partial charge in [0.05, 0.1) is 17.7 Å². The molecule has 3 atom stereocenters. The zero-order chi connectivity index (χ0) is 17.5. The zero-order valence-electron chi connectivity index (χ0n) is 14.8. The van der Waals surface area contributed by atoms with E-state index in [1.54, 1.807) is 20.3 Å². The summed E-state index contributed by atoms with van der Waals surface area (Å²) in [6, 6.07) is 1.65. The number of aryl methyl sites for hydroxylation is 2. The molecule has 1 aromatic rings. The van der Waals surface area contributed by atoms with Gasteiger partial charge in [0.25, 0.3) is 11.5 Å². The van der Waals surface area contributed by atoms with Crippen molar-refractivity contribution in [2.24, 2.45) is 0 Å². The number of H-pyrrole nitrogens is 1. The predicted molar refractivity (Wildman–Crippen MR) is 90.4 cm³/mol. The van der Waals surface area contributed by atoms with Crippen LogP contribution in [0.1, 0.15) is 47.3 Å². The minimum atomic E-state index is -0.322. The second-order valence-corrected chi connectivity index (χ2v) is 6.99. The maximum atomic E-state index is 13.0. The number of hydrogen-bond donors (Lipinski definition) is 1. The van der Waals surface area contributed by atoms with E-state index in [1.165, 1.54) is 0 Å². The van der Waals surface area contributed by atoms with E-state index in [0.717, 1.165) is 36.9 Å². The maximum Gasteiger partial charge on any atom is 0.261 e. The normalized spacial score (nSPS) is 29.6. The number of ether oxygens (including phenoxy) is 2. The Hall–Kier alpha value is -1.66. The minimum absolute atomic E-state index is 0.0466. The summed E-state index contributed by atoms with van der Waals surface area (Å²) < 4.78 is 11.4. The molecule has 1 N–H and O–H groups in total. The molecule has 0 aromatic carbocycles. The van der Waals surface area contributed by atoms with Gasteiger partial charge in [0, 0.05) is 26.5 Å². The van der Waals surface area contributed by atoms with E-state index in [1.807, 2.05) is 18.7 Å². The largest absolute Gasteiger partial charge is 0.381 e. The Morgan fingerprint density at radius 2 is 2.08 bits per heavy atom. The number of amides is 1. The first-order valence-corrected chi connectivity index (χ1v) is 8.51. The first-order valence-electron chi connectivity index (χ1n) is 8.51. The quantitative estimate of drug-likeness (QED) is 0.915. The molecule has 1 saturated heterocycles. The molecule has 3 rings (SSSR count). The van der Waals surface area contributed by atoms with Crippen LogP contribution in [-0.4, -0.2) is 54.3 Å². The van der Waals surface area contributed by atoms with Crippen LogP contribution < -0.4 is 5.56 Å². The summed E-state index contributed by atoms with van der Waals surface area (Å²) in [5, 5.41) is 0. The summed E-state index contributed by atoms with van der Waals surface area (Å²) >= 11 is 0. The van der Waals surface area contributed by atoms with E-state index in [-0.39, 0.29) is 34.8 Å². The van der Waals surface area contributed by atoms with Gasteiger partial charge in [-0.1, -0.05) is 0 Å². The van der Waals surface area contributed by atoms with Crippen molar-refractivity contribution in [1.82, 2.24) is 9.88 Å². The van der Waals surface area contributed by atoms with Crippen molar-refractivity contribution in [2.75, 3.05) is 20.8 Å². The van der Waals surface area contributed by atoms with Crippen LogP contribution in [0, 0.1) is 13.8 Å². The molecule has 2 heterocycles. The first-order chi connectivity index (χ1) is 11.4. The molecule has 0 bridgehead atoms. The maximum absolute atomic E-state index is 13.0. The number of hydrogen-bond acceptors (Lipinski definition) is 4. The number of methoxy groups -OCH3 is 2. The Morgan fingerprint density at radius 1 is 1.33 bits per heavy atom. The Kier molecular flexibility index (Phi) is 4.53. The van der Waals surface area contributed by atoms with E-state index in [9.17, 15) is 9.59 Å². The summed E-state index contributed by atoms with van der Waals surface area (Å²) in [6.45, 7) is 4.34. The molecule has 1 amide bonds. The van der Waals surface area contributed by atoms with Crippen LogP contribution in [0.3, 0.4) is 0 Å². The fourth-order valence-corrected chi connectivity index (χ4v) is 4.16. The topological polar surface area (TPSA) is 71.6 Å². The van der Waals surface area contributed by atoms with Gasteiger partial charge in [-0.15, -0.1) is 0 Å². The summed E-state index contributed by atoms with van der Waals surface area (Å²) in [7, 11) is 3.43. The van der Waals surface area contributed by atoms with E-state index in [4.69, 9.17) is 9.47 Å². The lowest BCUT2D eigenvalue weighted by atomic mass is 9.79. The molecule has 0 unspecified atom stereocenters. The van der Waals surface area contributed by atoms with Crippen molar-refractivity contribution in [3.63, 3.8) is 0 Å². The van der Waals surface area contributed by atoms with Gasteiger partial charge in [0.15, 0.2) is 0 Å². The van der Waals surface area contributed by atoms with E-state index < -0.39 is 0 Å². The lowest BCUT2D eigenvalue weighted by Crippen LogP contribution is -2.53. The highest BCUT2D eigenvalue weighted by Crippen LogP contribution is 2.43.